The summed E-state index contributed by atoms with van der Waals surface area (Å²) < 4.78 is 5.69. The number of hydrogen-bond acceptors (Lipinski definition) is 2. The van der Waals surface area contributed by atoms with Crippen LogP contribution in [0.2, 0.25) is 0 Å². The third-order valence-corrected chi connectivity index (χ3v) is 3.43. The van der Waals surface area contributed by atoms with Crippen LogP contribution in [0.4, 0.5) is 0 Å². The number of nitrogens with one attached hydrogen (secondary N) is 1. The largest absolute Gasteiger partial charge is 0.380 e. The normalized spacial score (nSPS) is 20.8. The fourth-order valence-electron chi connectivity index (χ4n) is 2.34. The highest BCUT2D eigenvalue weighted by molar-refractivity contribution is 4.90. The van der Waals surface area contributed by atoms with Crippen molar-refractivity contribution in [1.82, 2.24) is 5.32 Å². The molecule has 1 rings (SSSR count). The maximum absolute atomic E-state index is 5.69. The summed E-state index contributed by atoms with van der Waals surface area (Å²) in [5.41, 5.74) is 0.426. The van der Waals surface area contributed by atoms with E-state index in [9.17, 15) is 0 Å². The van der Waals surface area contributed by atoms with Crippen molar-refractivity contribution < 1.29 is 4.74 Å². The average molecular weight is 227 g/mol. The molecule has 0 aliphatic heterocycles. The summed E-state index contributed by atoms with van der Waals surface area (Å²) in [4.78, 5) is 0. The molecular formula is C14H29NO. The third-order valence-electron chi connectivity index (χ3n) is 3.43. The fourth-order valence-corrected chi connectivity index (χ4v) is 2.34. The summed E-state index contributed by atoms with van der Waals surface area (Å²) >= 11 is 0. The molecule has 2 nitrogen and oxygen atoms in total. The lowest BCUT2D eigenvalue weighted by Crippen LogP contribution is -2.42. The molecule has 2 unspecified atom stereocenters. The molecule has 0 bridgehead atoms. The van der Waals surface area contributed by atoms with Crippen molar-refractivity contribution in [2.24, 2.45) is 11.3 Å². The molecule has 0 heterocycles. The monoisotopic (exact) mass is 227 g/mol. The van der Waals surface area contributed by atoms with Gasteiger partial charge in [-0.3, -0.25) is 0 Å². The number of ether oxygens (including phenoxy) is 1. The molecule has 96 valence electrons. The number of hydrogen-bond donors (Lipinski definition) is 1. The summed E-state index contributed by atoms with van der Waals surface area (Å²) in [7, 11) is 1.87. The summed E-state index contributed by atoms with van der Waals surface area (Å²) in [6.45, 7) is 10.2. The standard InChI is InChI=1S/C14H29NO/c1-6-15-12(9-10-14(2,3)4)13(16-5)11-7-8-11/h11-13,15H,6-10H2,1-5H3. The lowest BCUT2D eigenvalue weighted by Gasteiger charge is -2.29. The first-order valence-corrected chi connectivity index (χ1v) is 6.74. The Balaban J connectivity index is 2.44. The Bertz CT molecular complexity index is 193. The average Bonchev–Trinajstić information content (AvgIpc) is 2.98. The molecule has 1 saturated carbocycles. The van der Waals surface area contributed by atoms with Gasteiger partial charge in [0.15, 0.2) is 0 Å². The molecule has 0 aromatic rings. The van der Waals surface area contributed by atoms with Crippen LogP contribution in [0.1, 0.15) is 53.4 Å². The number of methoxy groups -OCH3 is 1. The van der Waals surface area contributed by atoms with E-state index in [0.717, 1.165) is 12.5 Å². The summed E-state index contributed by atoms with van der Waals surface area (Å²) in [6, 6.07) is 0.543. The predicted molar refractivity (Wildman–Crippen MR) is 69.7 cm³/mol. The summed E-state index contributed by atoms with van der Waals surface area (Å²) in [5, 5.41) is 3.60. The third kappa shape index (κ3) is 4.84. The van der Waals surface area contributed by atoms with Crippen LogP contribution >= 0.6 is 0 Å². The van der Waals surface area contributed by atoms with Crippen molar-refractivity contribution in [2.45, 2.75) is 65.5 Å². The van der Waals surface area contributed by atoms with Crippen LogP contribution in [0.5, 0.6) is 0 Å². The van der Waals surface area contributed by atoms with E-state index < -0.39 is 0 Å². The molecule has 0 amide bonds. The van der Waals surface area contributed by atoms with Crippen LogP contribution in [0.3, 0.4) is 0 Å². The van der Waals surface area contributed by atoms with Crippen molar-refractivity contribution in [3.8, 4) is 0 Å². The molecule has 1 aliphatic rings. The fraction of sp³-hybridized carbons (Fsp3) is 1.00. The molecule has 0 aromatic heterocycles. The molecule has 1 fully saturated rings. The summed E-state index contributed by atoms with van der Waals surface area (Å²) in [6.07, 6.45) is 5.64. The van der Waals surface area contributed by atoms with Gasteiger partial charge >= 0.3 is 0 Å². The Kier molecular flexibility index (Phi) is 5.26. The Morgan fingerprint density at radius 3 is 2.31 bits per heavy atom. The molecular weight excluding hydrogens is 198 g/mol. The van der Waals surface area contributed by atoms with Crippen LogP contribution in [0.25, 0.3) is 0 Å². The molecule has 0 spiro atoms. The zero-order valence-electron chi connectivity index (χ0n) is 11.7. The smallest absolute Gasteiger partial charge is 0.0752 e. The van der Waals surface area contributed by atoms with Crippen molar-refractivity contribution in [3.05, 3.63) is 0 Å². The lowest BCUT2D eigenvalue weighted by molar-refractivity contribution is 0.0453. The molecule has 1 aliphatic carbocycles. The highest BCUT2D eigenvalue weighted by Gasteiger charge is 2.36. The molecule has 2 heteroatoms. The van der Waals surface area contributed by atoms with Crippen molar-refractivity contribution in [3.63, 3.8) is 0 Å². The van der Waals surface area contributed by atoms with E-state index in [2.05, 4.69) is 33.0 Å². The van der Waals surface area contributed by atoms with E-state index in [1.165, 1.54) is 25.7 Å². The number of rotatable bonds is 7. The Labute approximate surface area is 101 Å². The first kappa shape index (κ1) is 14.0. The Morgan fingerprint density at radius 1 is 1.31 bits per heavy atom. The SMILES string of the molecule is CCNC(CCC(C)(C)C)C(OC)C1CC1. The second-order valence-corrected chi connectivity index (χ2v) is 6.30. The number of likely N-dealkylation sites (N-methyl/N-ethyl adjacent to an activating group) is 1. The minimum Gasteiger partial charge on any atom is -0.380 e. The first-order valence-electron chi connectivity index (χ1n) is 6.74. The van der Waals surface area contributed by atoms with E-state index in [1.54, 1.807) is 0 Å². The van der Waals surface area contributed by atoms with Crippen LogP contribution in [-0.2, 0) is 4.74 Å². The van der Waals surface area contributed by atoms with Crippen LogP contribution in [-0.4, -0.2) is 25.8 Å². The molecule has 0 saturated heterocycles. The second kappa shape index (κ2) is 6.02. The van der Waals surface area contributed by atoms with E-state index in [4.69, 9.17) is 4.74 Å². The van der Waals surface area contributed by atoms with E-state index >= 15 is 0 Å². The Morgan fingerprint density at radius 2 is 1.94 bits per heavy atom. The van der Waals surface area contributed by atoms with Gasteiger partial charge in [0.05, 0.1) is 6.10 Å². The summed E-state index contributed by atoms with van der Waals surface area (Å²) in [5.74, 6) is 0.814. The quantitative estimate of drug-likeness (QED) is 0.721. The van der Waals surface area contributed by atoms with Gasteiger partial charge in [-0.25, -0.2) is 0 Å². The lowest BCUT2D eigenvalue weighted by atomic mass is 9.87. The first-order chi connectivity index (χ1) is 7.48. The molecule has 1 N–H and O–H groups in total. The van der Waals surface area contributed by atoms with Crippen LogP contribution in [0, 0.1) is 11.3 Å². The van der Waals surface area contributed by atoms with Crippen molar-refractivity contribution >= 4 is 0 Å². The maximum atomic E-state index is 5.69. The molecule has 0 aromatic carbocycles. The minimum atomic E-state index is 0.426. The van der Waals surface area contributed by atoms with Gasteiger partial charge in [-0.2, -0.15) is 0 Å². The highest BCUT2D eigenvalue weighted by Crippen LogP contribution is 2.37. The van der Waals surface area contributed by atoms with Gasteiger partial charge in [0, 0.05) is 13.2 Å². The minimum absolute atomic E-state index is 0.426. The molecule has 2 atom stereocenters. The van der Waals surface area contributed by atoms with Crippen molar-refractivity contribution in [2.75, 3.05) is 13.7 Å². The van der Waals surface area contributed by atoms with Crippen LogP contribution in [0.15, 0.2) is 0 Å². The van der Waals surface area contributed by atoms with Crippen LogP contribution < -0.4 is 5.32 Å². The van der Waals surface area contributed by atoms with Gasteiger partial charge in [-0.05, 0) is 43.6 Å². The molecule has 0 radical (unpaired) electrons. The van der Waals surface area contributed by atoms with E-state index in [1.807, 2.05) is 7.11 Å². The predicted octanol–water partition coefficient (Wildman–Crippen LogP) is 3.22. The van der Waals surface area contributed by atoms with Gasteiger partial charge in [-0.1, -0.05) is 27.7 Å². The zero-order valence-corrected chi connectivity index (χ0v) is 11.7. The van der Waals surface area contributed by atoms with Gasteiger partial charge < -0.3 is 10.1 Å². The van der Waals surface area contributed by atoms with Crippen molar-refractivity contribution in [1.29, 1.82) is 0 Å². The zero-order chi connectivity index (χ0) is 12.2. The topological polar surface area (TPSA) is 21.3 Å². The van der Waals surface area contributed by atoms with Gasteiger partial charge in [0.2, 0.25) is 0 Å². The highest BCUT2D eigenvalue weighted by atomic mass is 16.5. The van der Waals surface area contributed by atoms with Gasteiger partial charge in [-0.15, -0.1) is 0 Å². The Hall–Kier alpha value is -0.0800. The van der Waals surface area contributed by atoms with E-state index in [0.29, 0.717) is 17.6 Å². The molecule has 16 heavy (non-hydrogen) atoms. The second-order valence-electron chi connectivity index (χ2n) is 6.30. The van der Waals surface area contributed by atoms with E-state index in [-0.39, 0.29) is 0 Å². The maximum Gasteiger partial charge on any atom is 0.0752 e. The van der Waals surface area contributed by atoms with Gasteiger partial charge in [0.1, 0.15) is 0 Å². The van der Waals surface area contributed by atoms with Gasteiger partial charge in [0.25, 0.3) is 0 Å².